The molecule has 7 nitrogen and oxygen atoms in total. The largest absolute Gasteiger partial charge is 0.492 e. The van der Waals surface area contributed by atoms with Crippen LogP contribution in [0.1, 0.15) is 33.6 Å². The normalized spacial score (nSPS) is 11.9. The summed E-state index contributed by atoms with van der Waals surface area (Å²) < 4.78 is 7.44. The van der Waals surface area contributed by atoms with Crippen molar-refractivity contribution in [1.82, 2.24) is 15.1 Å². The second-order valence-electron chi connectivity index (χ2n) is 6.95. The van der Waals surface area contributed by atoms with E-state index < -0.39 is 11.8 Å². The first kappa shape index (κ1) is 20.5. The van der Waals surface area contributed by atoms with Crippen molar-refractivity contribution < 1.29 is 14.3 Å². The van der Waals surface area contributed by atoms with E-state index in [1.165, 1.54) is 0 Å². The number of benzene rings is 1. The Kier molecular flexibility index (Phi) is 7.85. The number of hydrogen-bond acceptors (Lipinski definition) is 4. The molecule has 0 aliphatic rings. The molecule has 1 atom stereocenters. The zero-order chi connectivity index (χ0) is 19.6. The number of carbonyl (C=O) groups is 2. The monoisotopic (exact) mass is 372 g/mol. The molecular formula is C20H28N4O3. The van der Waals surface area contributed by atoms with Gasteiger partial charge in [0.05, 0.1) is 6.54 Å². The Hall–Kier alpha value is -2.83. The molecule has 1 heterocycles. The summed E-state index contributed by atoms with van der Waals surface area (Å²) in [6.45, 7) is 7.24. The fourth-order valence-electron chi connectivity index (χ4n) is 2.49. The molecule has 1 aromatic carbocycles. The van der Waals surface area contributed by atoms with Crippen molar-refractivity contribution in [3.8, 4) is 5.75 Å². The maximum atomic E-state index is 12.1. The highest BCUT2D eigenvalue weighted by molar-refractivity contribution is 6.39. The molecule has 146 valence electrons. The molecule has 0 fully saturated rings. The van der Waals surface area contributed by atoms with Gasteiger partial charge in [-0.25, -0.2) is 0 Å². The van der Waals surface area contributed by atoms with E-state index in [4.69, 9.17) is 4.74 Å². The Balaban J connectivity index is 1.79. The van der Waals surface area contributed by atoms with Gasteiger partial charge in [-0.2, -0.15) is 5.10 Å². The molecule has 0 aliphatic heterocycles. The summed E-state index contributed by atoms with van der Waals surface area (Å²) in [4.78, 5) is 24.1. The minimum absolute atomic E-state index is 0.0392. The fourth-order valence-corrected chi connectivity index (χ4v) is 2.49. The Labute approximate surface area is 160 Å². The molecule has 7 heteroatoms. The summed E-state index contributed by atoms with van der Waals surface area (Å²) in [5.41, 5.74) is 0.515. The van der Waals surface area contributed by atoms with Crippen LogP contribution in [0.4, 0.5) is 5.69 Å². The Morgan fingerprint density at radius 2 is 1.96 bits per heavy atom. The maximum absolute atomic E-state index is 12.1. The van der Waals surface area contributed by atoms with Crippen LogP contribution in [0, 0.1) is 5.92 Å². The topological polar surface area (TPSA) is 85.3 Å². The summed E-state index contributed by atoms with van der Waals surface area (Å²) in [6.07, 6.45) is 5.42. The molecule has 0 saturated carbocycles. The van der Waals surface area contributed by atoms with E-state index in [9.17, 15) is 9.59 Å². The molecule has 0 saturated heterocycles. The number of nitrogens with one attached hydrogen (secondary N) is 2. The smallest absolute Gasteiger partial charge is 0.313 e. The van der Waals surface area contributed by atoms with Crippen LogP contribution in [0.25, 0.3) is 0 Å². The molecule has 1 unspecified atom stereocenters. The highest BCUT2D eigenvalue weighted by atomic mass is 16.5. The molecule has 0 spiro atoms. The fraction of sp³-hybridized carbons (Fsp3) is 0.450. The van der Waals surface area contributed by atoms with Crippen LogP contribution in [0.15, 0.2) is 42.7 Å². The van der Waals surface area contributed by atoms with Gasteiger partial charge < -0.3 is 15.4 Å². The Bertz CT molecular complexity index is 729. The van der Waals surface area contributed by atoms with Gasteiger partial charge in [0.25, 0.3) is 0 Å². The molecule has 1 aromatic heterocycles. The second kappa shape index (κ2) is 10.4. The number of amides is 2. The lowest BCUT2D eigenvalue weighted by Gasteiger charge is -2.15. The van der Waals surface area contributed by atoms with Gasteiger partial charge in [0.2, 0.25) is 0 Å². The van der Waals surface area contributed by atoms with Crippen LogP contribution in [-0.2, 0) is 16.1 Å². The molecule has 2 rings (SSSR count). The van der Waals surface area contributed by atoms with Crippen LogP contribution in [0.3, 0.4) is 0 Å². The number of anilines is 1. The minimum Gasteiger partial charge on any atom is -0.492 e. The second-order valence-corrected chi connectivity index (χ2v) is 6.95. The standard InChI is InChI=1S/C20H28N4O3/c1-15(2)8-9-16(3)22-19(25)20(26)23-17-6-4-7-18(14-17)27-13-12-24-11-5-10-21-24/h4-7,10-11,14-16H,8-9,12-13H2,1-3H3,(H,22,25)(H,23,26). The summed E-state index contributed by atoms with van der Waals surface area (Å²) in [7, 11) is 0. The summed E-state index contributed by atoms with van der Waals surface area (Å²) in [5, 5.41) is 9.44. The summed E-state index contributed by atoms with van der Waals surface area (Å²) in [6, 6.07) is 8.78. The molecule has 2 N–H and O–H groups in total. The van der Waals surface area contributed by atoms with Crippen LogP contribution in [-0.4, -0.2) is 34.2 Å². The average Bonchev–Trinajstić information content (AvgIpc) is 3.13. The lowest BCUT2D eigenvalue weighted by Crippen LogP contribution is -2.40. The highest BCUT2D eigenvalue weighted by Gasteiger charge is 2.16. The lowest BCUT2D eigenvalue weighted by atomic mass is 10.0. The van der Waals surface area contributed by atoms with Crippen molar-refractivity contribution in [2.75, 3.05) is 11.9 Å². The highest BCUT2D eigenvalue weighted by Crippen LogP contribution is 2.17. The van der Waals surface area contributed by atoms with Gasteiger partial charge in [-0.05, 0) is 43.9 Å². The Morgan fingerprint density at radius 3 is 2.67 bits per heavy atom. The van der Waals surface area contributed by atoms with Gasteiger partial charge in [-0.3, -0.25) is 14.3 Å². The maximum Gasteiger partial charge on any atom is 0.313 e. The van der Waals surface area contributed by atoms with Crippen molar-refractivity contribution in [1.29, 1.82) is 0 Å². The zero-order valence-electron chi connectivity index (χ0n) is 16.1. The zero-order valence-corrected chi connectivity index (χ0v) is 16.1. The third-order valence-corrected chi connectivity index (χ3v) is 4.00. The van der Waals surface area contributed by atoms with Crippen LogP contribution < -0.4 is 15.4 Å². The number of hydrogen-bond donors (Lipinski definition) is 2. The summed E-state index contributed by atoms with van der Waals surface area (Å²) >= 11 is 0. The molecule has 0 radical (unpaired) electrons. The van der Waals surface area contributed by atoms with Gasteiger partial charge in [0, 0.05) is 30.2 Å². The third-order valence-electron chi connectivity index (χ3n) is 4.00. The van der Waals surface area contributed by atoms with E-state index in [1.807, 2.05) is 19.2 Å². The molecular weight excluding hydrogens is 344 g/mol. The number of rotatable bonds is 9. The van der Waals surface area contributed by atoms with Crippen molar-refractivity contribution in [2.45, 2.75) is 46.2 Å². The van der Waals surface area contributed by atoms with Crippen molar-refractivity contribution in [3.63, 3.8) is 0 Å². The average molecular weight is 372 g/mol. The number of carbonyl (C=O) groups excluding carboxylic acids is 2. The molecule has 2 amide bonds. The van der Waals surface area contributed by atoms with E-state index in [-0.39, 0.29) is 6.04 Å². The van der Waals surface area contributed by atoms with Gasteiger partial charge in [0.15, 0.2) is 0 Å². The van der Waals surface area contributed by atoms with Crippen molar-refractivity contribution >= 4 is 17.5 Å². The molecule has 27 heavy (non-hydrogen) atoms. The van der Waals surface area contributed by atoms with E-state index >= 15 is 0 Å². The number of aromatic nitrogens is 2. The van der Waals surface area contributed by atoms with Crippen LogP contribution in [0.2, 0.25) is 0 Å². The first-order valence-corrected chi connectivity index (χ1v) is 9.26. The third kappa shape index (κ3) is 7.52. The van der Waals surface area contributed by atoms with Crippen molar-refractivity contribution in [3.05, 3.63) is 42.7 Å². The predicted octanol–water partition coefficient (Wildman–Crippen LogP) is 2.84. The van der Waals surface area contributed by atoms with E-state index in [2.05, 4.69) is 29.6 Å². The summed E-state index contributed by atoms with van der Waals surface area (Å²) in [5.74, 6) is -0.128. The van der Waals surface area contributed by atoms with Gasteiger partial charge in [0.1, 0.15) is 12.4 Å². The first-order chi connectivity index (χ1) is 12.9. The molecule has 2 aromatic rings. The van der Waals surface area contributed by atoms with Crippen LogP contribution in [0.5, 0.6) is 5.75 Å². The first-order valence-electron chi connectivity index (χ1n) is 9.26. The van der Waals surface area contributed by atoms with Crippen LogP contribution >= 0.6 is 0 Å². The van der Waals surface area contributed by atoms with Crippen molar-refractivity contribution in [2.24, 2.45) is 5.92 Å². The minimum atomic E-state index is -0.680. The Morgan fingerprint density at radius 1 is 1.15 bits per heavy atom. The van der Waals surface area contributed by atoms with Gasteiger partial charge in [-0.1, -0.05) is 19.9 Å². The van der Waals surface area contributed by atoms with E-state index in [0.29, 0.717) is 30.5 Å². The lowest BCUT2D eigenvalue weighted by molar-refractivity contribution is -0.136. The predicted molar refractivity (Wildman–Crippen MR) is 104 cm³/mol. The SMILES string of the molecule is CC(C)CCC(C)NC(=O)C(=O)Nc1cccc(OCCn2cccn2)c1. The number of nitrogens with zero attached hydrogens (tertiary/aromatic N) is 2. The van der Waals surface area contributed by atoms with Gasteiger partial charge >= 0.3 is 11.8 Å². The number of ether oxygens (including phenoxy) is 1. The van der Waals surface area contributed by atoms with E-state index in [1.54, 1.807) is 35.1 Å². The quantitative estimate of drug-likeness (QED) is 0.663. The van der Waals surface area contributed by atoms with E-state index in [0.717, 1.165) is 12.8 Å². The molecule has 0 aliphatic carbocycles. The molecule has 0 bridgehead atoms. The van der Waals surface area contributed by atoms with Gasteiger partial charge in [-0.15, -0.1) is 0 Å².